The Balaban J connectivity index is 1.28. The molecule has 3 aromatic carbocycles. The summed E-state index contributed by atoms with van der Waals surface area (Å²) in [5.41, 5.74) is 3.11. The zero-order valence-corrected chi connectivity index (χ0v) is 16.7. The molecule has 146 valence electrons. The topological polar surface area (TPSA) is 60.5 Å². The predicted octanol–water partition coefficient (Wildman–Crippen LogP) is 5.20. The summed E-state index contributed by atoms with van der Waals surface area (Å²) >= 11 is 1.45. The summed E-state index contributed by atoms with van der Waals surface area (Å²) in [6.07, 6.45) is 0. The molecule has 0 bridgehead atoms. The number of para-hydroxylation sites is 1. The maximum Gasteiger partial charge on any atom is 0.264 e. The molecule has 1 aromatic heterocycles. The van der Waals surface area contributed by atoms with Crippen molar-refractivity contribution in [3.8, 4) is 11.5 Å². The molecule has 4 aromatic rings. The van der Waals surface area contributed by atoms with Crippen molar-refractivity contribution in [2.45, 2.75) is 13.5 Å². The van der Waals surface area contributed by atoms with E-state index in [-0.39, 0.29) is 12.5 Å². The predicted molar refractivity (Wildman–Crippen MR) is 116 cm³/mol. The van der Waals surface area contributed by atoms with Gasteiger partial charge in [-0.15, -0.1) is 0 Å². The Labute approximate surface area is 172 Å². The van der Waals surface area contributed by atoms with Gasteiger partial charge >= 0.3 is 0 Å². The quantitative estimate of drug-likeness (QED) is 0.460. The number of ether oxygens (including phenoxy) is 2. The maximum absolute atomic E-state index is 12.2. The van der Waals surface area contributed by atoms with Gasteiger partial charge in [0.25, 0.3) is 5.91 Å². The van der Waals surface area contributed by atoms with E-state index in [2.05, 4.69) is 10.3 Å². The van der Waals surface area contributed by atoms with Gasteiger partial charge in [0, 0.05) is 0 Å². The number of hydrogen-bond acceptors (Lipinski definition) is 5. The van der Waals surface area contributed by atoms with Gasteiger partial charge in [-0.1, -0.05) is 53.8 Å². The van der Waals surface area contributed by atoms with Gasteiger partial charge in [0.05, 0.1) is 10.2 Å². The largest absolute Gasteiger partial charge is 0.489 e. The maximum atomic E-state index is 12.2. The van der Waals surface area contributed by atoms with Gasteiger partial charge in [-0.05, 0) is 48.4 Å². The molecule has 0 saturated carbocycles. The first-order valence-electron chi connectivity index (χ1n) is 9.23. The second-order valence-corrected chi connectivity index (χ2v) is 7.55. The lowest BCUT2D eigenvalue weighted by Crippen LogP contribution is -2.19. The third-order valence-corrected chi connectivity index (χ3v) is 5.25. The van der Waals surface area contributed by atoms with E-state index in [0.29, 0.717) is 17.5 Å². The van der Waals surface area contributed by atoms with Crippen LogP contribution in [0.3, 0.4) is 0 Å². The molecule has 1 heterocycles. The van der Waals surface area contributed by atoms with Crippen LogP contribution in [0.5, 0.6) is 11.5 Å². The number of anilines is 1. The van der Waals surface area contributed by atoms with E-state index in [1.54, 1.807) is 12.1 Å². The fourth-order valence-electron chi connectivity index (χ4n) is 2.82. The molecule has 0 aliphatic carbocycles. The van der Waals surface area contributed by atoms with Gasteiger partial charge in [-0.25, -0.2) is 4.98 Å². The molecule has 0 fully saturated rings. The van der Waals surface area contributed by atoms with Gasteiger partial charge in [-0.3, -0.25) is 10.1 Å². The highest BCUT2D eigenvalue weighted by Gasteiger charge is 2.10. The Kier molecular flexibility index (Phi) is 5.72. The van der Waals surface area contributed by atoms with Crippen LogP contribution in [0.15, 0.2) is 72.8 Å². The van der Waals surface area contributed by atoms with Gasteiger partial charge in [0.2, 0.25) is 0 Å². The SMILES string of the molecule is Cc1cccc2sc(NC(=O)COc3ccc(OCc4ccccc4)cc3)nc12. The van der Waals surface area contributed by atoms with Crippen LogP contribution in [0.25, 0.3) is 10.2 Å². The monoisotopic (exact) mass is 404 g/mol. The van der Waals surface area contributed by atoms with E-state index in [1.165, 1.54) is 11.3 Å². The minimum atomic E-state index is -0.244. The molecule has 0 spiro atoms. The number of hydrogen-bond donors (Lipinski definition) is 1. The Morgan fingerprint density at radius 3 is 2.38 bits per heavy atom. The second-order valence-electron chi connectivity index (χ2n) is 6.52. The number of amides is 1. The first kappa shape index (κ1) is 19.0. The summed E-state index contributed by atoms with van der Waals surface area (Å²) in [7, 11) is 0. The highest BCUT2D eigenvalue weighted by atomic mass is 32.1. The fraction of sp³-hybridized carbons (Fsp3) is 0.130. The Hall–Kier alpha value is -3.38. The molecular formula is C23H20N2O3S. The minimum Gasteiger partial charge on any atom is -0.489 e. The van der Waals surface area contributed by atoms with E-state index in [0.717, 1.165) is 27.1 Å². The third-order valence-electron chi connectivity index (χ3n) is 4.31. The van der Waals surface area contributed by atoms with E-state index >= 15 is 0 Å². The summed E-state index contributed by atoms with van der Waals surface area (Å²) in [5.74, 6) is 1.11. The summed E-state index contributed by atoms with van der Waals surface area (Å²) in [6, 6.07) is 23.2. The summed E-state index contributed by atoms with van der Waals surface area (Å²) in [4.78, 5) is 16.7. The van der Waals surface area contributed by atoms with Crippen molar-refractivity contribution in [2.75, 3.05) is 11.9 Å². The average Bonchev–Trinajstić information content (AvgIpc) is 3.16. The first-order chi connectivity index (χ1) is 14.2. The van der Waals surface area contributed by atoms with Crippen molar-refractivity contribution in [1.29, 1.82) is 0 Å². The normalized spacial score (nSPS) is 10.7. The van der Waals surface area contributed by atoms with Gasteiger partial charge in [0.15, 0.2) is 11.7 Å². The number of carbonyl (C=O) groups excluding carboxylic acids is 1. The van der Waals surface area contributed by atoms with Crippen molar-refractivity contribution in [3.63, 3.8) is 0 Å². The van der Waals surface area contributed by atoms with Crippen molar-refractivity contribution < 1.29 is 14.3 Å². The minimum absolute atomic E-state index is 0.0842. The standard InChI is InChI=1S/C23H20N2O3S/c1-16-6-5-9-20-22(16)25-23(29-20)24-21(26)15-28-19-12-10-18(11-13-19)27-14-17-7-3-2-4-8-17/h2-13H,14-15H2,1H3,(H,24,25,26). The highest BCUT2D eigenvalue weighted by molar-refractivity contribution is 7.22. The lowest BCUT2D eigenvalue weighted by molar-refractivity contribution is -0.118. The number of nitrogens with zero attached hydrogens (tertiary/aromatic N) is 1. The highest BCUT2D eigenvalue weighted by Crippen LogP contribution is 2.27. The number of benzene rings is 3. The van der Waals surface area contributed by atoms with Crippen molar-refractivity contribution in [3.05, 3.63) is 83.9 Å². The first-order valence-corrected chi connectivity index (χ1v) is 10.0. The molecule has 0 aliphatic heterocycles. The zero-order chi connectivity index (χ0) is 20.1. The molecule has 0 unspecified atom stereocenters. The molecule has 1 N–H and O–H groups in total. The molecule has 29 heavy (non-hydrogen) atoms. The molecule has 0 radical (unpaired) electrons. The number of fused-ring (bicyclic) bond motifs is 1. The van der Waals surface area contributed by atoms with Crippen LogP contribution in [0.1, 0.15) is 11.1 Å². The van der Waals surface area contributed by atoms with E-state index in [4.69, 9.17) is 9.47 Å². The lowest BCUT2D eigenvalue weighted by Gasteiger charge is -2.08. The molecule has 0 atom stereocenters. The molecule has 1 amide bonds. The van der Waals surface area contributed by atoms with E-state index < -0.39 is 0 Å². The molecular weight excluding hydrogens is 384 g/mol. The van der Waals surface area contributed by atoms with Crippen LogP contribution in [-0.4, -0.2) is 17.5 Å². The van der Waals surface area contributed by atoms with Gasteiger partial charge < -0.3 is 9.47 Å². The summed E-state index contributed by atoms with van der Waals surface area (Å²) in [6.45, 7) is 2.42. The average molecular weight is 404 g/mol. The smallest absolute Gasteiger partial charge is 0.264 e. The van der Waals surface area contributed by atoms with Crippen LogP contribution < -0.4 is 14.8 Å². The molecule has 0 saturated heterocycles. The van der Waals surface area contributed by atoms with Crippen molar-refractivity contribution in [1.82, 2.24) is 4.98 Å². The van der Waals surface area contributed by atoms with Crippen LogP contribution in [0.4, 0.5) is 5.13 Å². The number of thiazole rings is 1. The summed E-state index contributed by atoms with van der Waals surface area (Å²) in [5, 5.41) is 3.37. The zero-order valence-electron chi connectivity index (χ0n) is 15.9. The number of rotatable bonds is 7. The Morgan fingerprint density at radius 2 is 1.66 bits per heavy atom. The van der Waals surface area contributed by atoms with Crippen LogP contribution in [0, 0.1) is 6.92 Å². The molecule has 4 rings (SSSR count). The second kappa shape index (κ2) is 8.75. The number of aryl methyl sites for hydroxylation is 1. The molecule has 0 aliphatic rings. The fourth-order valence-corrected chi connectivity index (χ4v) is 3.78. The Morgan fingerprint density at radius 1 is 0.931 bits per heavy atom. The van der Waals surface area contributed by atoms with Crippen LogP contribution in [-0.2, 0) is 11.4 Å². The lowest BCUT2D eigenvalue weighted by atomic mass is 10.2. The number of nitrogens with one attached hydrogen (secondary N) is 1. The number of aromatic nitrogens is 1. The van der Waals surface area contributed by atoms with E-state index in [9.17, 15) is 4.79 Å². The van der Waals surface area contributed by atoms with Gasteiger partial charge in [-0.2, -0.15) is 0 Å². The van der Waals surface area contributed by atoms with Crippen LogP contribution >= 0.6 is 11.3 Å². The summed E-state index contributed by atoms with van der Waals surface area (Å²) < 4.78 is 12.4. The van der Waals surface area contributed by atoms with Crippen molar-refractivity contribution in [2.24, 2.45) is 0 Å². The number of carbonyl (C=O) groups is 1. The Bertz CT molecular complexity index is 1110. The van der Waals surface area contributed by atoms with Crippen molar-refractivity contribution >= 4 is 32.6 Å². The van der Waals surface area contributed by atoms with E-state index in [1.807, 2.05) is 67.6 Å². The van der Waals surface area contributed by atoms with Gasteiger partial charge in [0.1, 0.15) is 18.1 Å². The van der Waals surface area contributed by atoms with Crippen LogP contribution in [0.2, 0.25) is 0 Å². The third kappa shape index (κ3) is 4.92. The molecule has 6 heteroatoms. The molecule has 5 nitrogen and oxygen atoms in total.